The number of hydrogen-bond acceptors (Lipinski definition) is 2. The van der Waals surface area contributed by atoms with Crippen molar-refractivity contribution >= 4 is 23.2 Å². The lowest BCUT2D eigenvalue weighted by Crippen LogP contribution is -2.13. The van der Waals surface area contributed by atoms with Crippen molar-refractivity contribution in [2.75, 3.05) is 5.32 Å². The van der Waals surface area contributed by atoms with E-state index >= 15 is 0 Å². The maximum absolute atomic E-state index is 12.5. The van der Waals surface area contributed by atoms with Crippen LogP contribution in [0.15, 0.2) is 78.9 Å². The molecule has 0 heterocycles. The van der Waals surface area contributed by atoms with Crippen molar-refractivity contribution < 1.29 is 9.53 Å². The van der Waals surface area contributed by atoms with Crippen LogP contribution in [0.5, 0.6) is 5.75 Å². The van der Waals surface area contributed by atoms with Gasteiger partial charge in [-0.2, -0.15) is 0 Å². The Morgan fingerprint density at radius 3 is 2.29 bits per heavy atom. The van der Waals surface area contributed by atoms with Crippen LogP contribution in [0.3, 0.4) is 0 Å². The zero-order valence-electron chi connectivity index (χ0n) is 12.9. The summed E-state index contributed by atoms with van der Waals surface area (Å²) in [4.78, 5) is 12.5. The van der Waals surface area contributed by atoms with Crippen molar-refractivity contribution in [2.24, 2.45) is 0 Å². The molecule has 0 fully saturated rings. The molecule has 0 saturated heterocycles. The van der Waals surface area contributed by atoms with Crippen molar-refractivity contribution in [3.05, 3.63) is 95.0 Å². The highest BCUT2D eigenvalue weighted by Gasteiger charge is 2.12. The van der Waals surface area contributed by atoms with Crippen LogP contribution in [0.1, 0.15) is 15.9 Å². The number of hydrogen-bond donors (Lipinski definition) is 1. The molecule has 0 radical (unpaired) electrons. The fourth-order valence-electron chi connectivity index (χ4n) is 2.25. The zero-order chi connectivity index (χ0) is 16.8. The van der Waals surface area contributed by atoms with Gasteiger partial charge in [0.15, 0.2) is 0 Å². The van der Waals surface area contributed by atoms with E-state index in [4.69, 9.17) is 16.3 Å². The number of halogens is 1. The Morgan fingerprint density at radius 2 is 1.54 bits per heavy atom. The van der Waals surface area contributed by atoms with Gasteiger partial charge >= 0.3 is 0 Å². The smallest absolute Gasteiger partial charge is 0.259 e. The maximum Gasteiger partial charge on any atom is 0.259 e. The van der Waals surface area contributed by atoms with Gasteiger partial charge in [-0.3, -0.25) is 4.79 Å². The van der Waals surface area contributed by atoms with E-state index in [9.17, 15) is 4.79 Å². The third-order valence-electron chi connectivity index (χ3n) is 3.47. The number of benzene rings is 3. The molecule has 0 bridgehead atoms. The molecule has 0 aliphatic carbocycles. The quantitative estimate of drug-likeness (QED) is 0.697. The van der Waals surface area contributed by atoms with Crippen LogP contribution in [0.25, 0.3) is 0 Å². The van der Waals surface area contributed by atoms with E-state index in [2.05, 4.69) is 5.32 Å². The molecule has 0 atom stereocenters. The Balaban J connectivity index is 1.73. The molecular weight excluding hydrogens is 322 g/mol. The molecule has 0 spiro atoms. The van der Waals surface area contributed by atoms with Gasteiger partial charge in [0.2, 0.25) is 0 Å². The van der Waals surface area contributed by atoms with E-state index in [1.807, 2.05) is 42.5 Å². The molecular formula is C20H16ClNO2. The lowest BCUT2D eigenvalue weighted by Gasteiger charge is -2.12. The molecule has 3 nitrogen and oxygen atoms in total. The second kappa shape index (κ2) is 7.66. The molecule has 1 amide bonds. The Hall–Kier alpha value is -2.78. The maximum atomic E-state index is 12.5. The van der Waals surface area contributed by atoms with Gasteiger partial charge in [-0.25, -0.2) is 0 Å². The average Bonchev–Trinajstić information content (AvgIpc) is 2.63. The number of nitrogens with one attached hydrogen (secondary N) is 1. The predicted octanol–water partition coefficient (Wildman–Crippen LogP) is 5.17. The second-order valence-electron chi connectivity index (χ2n) is 5.23. The summed E-state index contributed by atoms with van der Waals surface area (Å²) in [5, 5.41) is 3.47. The number of carbonyl (C=O) groups is 1. The largest absolute Gasteiger partial charge is 0.488 e. The first kappa shape index (κ1) is 16.1. The fraction of sp³-hybridized carbons (Fsp3) is 0.0500. The summed E-state index contributed by atoms with van der Waals surface area (Å²) >= 11 is 5.86. The first-order valence-corrected chi connectivity index (χ1v) is 7.93. The van der Waals surface area contributed by atoms with Crippen LogP contribution in [0.2, 0.25) is 5.02 Å². The van der Waals surface area contributed by atoms with Gasteiger partial charge in [0.25, 0.3) is 5.91 Å². The molecule has 1 N–H and O–H groups in total. The Morgan fingerprint density at radius 1 is 0.875 bits per heavy atom. The van der Waals surface area contributed by atoms with Crippen LogP contribution in [-0.2, 0) is 6.61 Å². The highest BCUT2D eigenvalue weighted by molar-refractivity contribution is 6.30. The summed E-state index contributed by atoms with van der Waals surface area (Å²) in [5.41, 5.74) is 2.22. The molecule has 120 valence electrons. The number of anilines is 1. The van der Waals surface area contributed by atoms with Crippen LogP contribution in [-0.4, -0.2) is 5.91 Å². The molecule has 0 aliphatic heterocycles. The second-order valence-corrected chi connectivity index (χ2v) is 5.67. The van der Waals surface area contributed by atoms with Crippen LogP contribution >= 0.6 is 11.6 Å². The van der Waals surface area contributed by atoms with Gasteiger partial charge in [0.05, 0.1) is 5.56 Å². The summed E-state index contributed by atoms with van der Waals surface area (Å²) in [6, 6.07) is 24.0. The predicted molar refractivity (Wildman–Crippen MR) is 96.6 cm³/mol. The number of para-hydroxylation sites is 1. The minimum Gasteiger partial charge on any atom is -0.488 e. The van der Waals surface area contributed by atoms with E-state index in [0.717, 1.165) is 5.56 Å². The molecule has 0 aliphatic rings. The molecule has 0 aromatic heterocycles. The number of rotatable bonds is 5. The topological polar surface area (TPSA) is 38.3 Å². The van der Waals surface area contributed by atoms with Gasteiger partial charge in [-0.1, -0.05) is 54.1 Å². The molecule has 0 unspecified atom stereocenters. The van der Waals surface area contributed by atoms with Gasteiger partial charge in [-0.15, -0.1) is 0 Å². The van der Waals surface area contributed by atoms with E-state index in [-0.39, 0.29) is 5.91 Å². The van der Waals surface area contributed by atoms with Gasteiger partial charge < -0.3 is 10.1 Å². The van der Waals surface area contributed by atoms with Gasteiger partial charge in [0.1, 0.15) is 12.4 Å². The van der Waals surface area contributed by atoms with Crippen molar-refractivity contribution in [3.63, 3.8) is 0 Å². The monoisotopic (exact) mass is 337 g/mol. The Labute approximate surface area is 145 Å². The Bertz CT molecular complexity index is 817. The van der Waals surface area contributed by atoms with Crippen LogP contribution in [0, 0.1) is 0 Å². The normalized spacial score (nSPS) is 10.2. The van der Waals surface area contributed by atoms with Crippen LogP contribution in [0.4, 0.5) is 5.69 Å². The van der Waals surface area contributed by atoms with E-state index in [0.29, 0.717) is 28.6 Å². The fourth-order valence-corrected chi connectivity index (χ4v) is 2.37. The minimum absolute atomic E-state index is 0.221. The van der Waals surface area contributed by atoms with Crippen molar-refractivity contribution in [3.8, 4) is 5.75 Å². The molecule has 4 heteroatoms. The van der Waals surface area contributed by atoms with Crippen molar-refractivity contribution in [2.45, 2.75) is 6.61 Å². The summed E-state index contributed by atoms with van der Waals surface area (Å²) < 4.78 is 5.82. The summed E-state index contributed by atoms with van der Waals surface area (Å²) in [6.45, 7) is 0.409. The first-order valence-electron chi connectivity index (χ1n) is 7.55. The molecule has 0 saturated carbocycles. The average molecular weight is 338 g/mol. The molecule has 3 aromatic rings. The summed E-state index contributed by atoms with van der Waals surface area (Å²) in [6.07, 6.45) is 0. The summed E-state index contributed by atoms with van der Waals surface area (Å²) in [5.74, 6) is 0.328. The number of amides is 1. The van der Waals surface area contributed by atoms with Gasteiger partial charge in [-0.05, 0) is 42.0 Å². The van der Waals surface area contributed by atoms with E-state index < -0.39 is 0 Å². The number of ether oxygens (including phenoxy) is 1. The molecule has 3 rings (SSSR count). The molecule has 3 aromatic carbocycles. The van der Waals surface area contributed by atoms with Crippen molar-refractivity contribution in [1.82, 2.24) is 0 Å². The number of carbonyl (C=O) groups excluding carboxylic acids is 1. The third-order valence-corrected chi connectivity index (χ3v) is 3.72. The van der Waals surface area contributed by atoms with Crippen LogP contribution < -0.4 is 10.1 Å². The van der Waals surface area contributed by atoms with Gasteiger partial charge in [0, 0.05) is 10.7 Å². The van der Waals surface area contributed by atoms with E-state index in [1.54, 1.807) is 36.4 Å². The Kier molecular flexibility index (Phi) is 5.14. The summed E-state index contributed by atoms with van der Waals surface area (Å²) in [7, 11) is 0. The first-order chi connectivity index (χ1) is 11.7. The third kappa shape index (κ3) is 4.15. The minimum atomic E-state index is -0.221. The highest BCUT2D eigenvalue weighted by Crippen LogP contribution is 2.21. The highest BCUT2D eigenvalue weighted by atomic mass is 35.5. The zero-order valence-corrected chi connectivity index (χ0v) is 13.7. The molecule has 24 heavy (non-hydrogen) atoms. The van der Waals surface area contributed by atoms with Crippen molar-refractivity contribution in [1.29, 1.82) is 0 Å². The SMILES string of the molecule is O=C(Nc1ccc(Cl)cc1)c1ccccc1OCc1ccccc1. The van der Waals surface area contributed by atoms with E-state index in [1.165, 1.54) is 0 Å². The lowest BCUT2D eigenvalue weighted by molar-refractivity contribution is 0.102. The lowest BCUT2D eigenvalue weighted by atomic mass is 10.1. The standard InChI is InChI=1S/C20H16ClNO2/c21-16-10-12-17(13-11-16)22-20(23)18-8-4-5-9-19(18)24-14-15-6-2-1-3-7-15/h1-13H,14H2,(H,22,23).